The van der Waals surface area contributed by atoms with Crippen LogP contribution < -0.4 is 0 Å². The van der Waals surface area contributed by atoms with Crippen LogP contribution in [0.5, 0.6) is 0 Å². The van der Waals surface area contributed by atoms with Crippen molar-refractivity contribution in [2.45, 2.75) is 0 Å². The van der Waals surface area contributed by atoms with Crippen molar-refractivity contribution in [2.75, 3.05) is 0 Å². The molecule has 0 radical (unpaired) electrons. The topological polar surface area (TPSA) is 68.3 Å². The molecule has 0 aliphatic heterocycles. The molecule has 4 heteroatoms. The van der Waals surface area contributed by atoms with Gasteiger partial charge in [-0.1, -0.05) is 0 Å². The molecule has 0 amide bonds. The summed E-state index contributed by atoms with van der Waals surface area (Å²) in [6.45, 7) is 0. The van der Waals surface area contributed by atoms with Crippen LogP contribution >= 0.6 is 0 Å². The predicted octanol–water partition coefficient (Wildman–Crippen LogP) is -1.47. The Hall–Kier alpha value is -2.20. The highest BCUT2D eigenvalue weighted by Crippen LogP contribution is 1.81. The van der Waals surface area contributed by atoms with E-state index in [1.54, 1.807) is 0 Å². The molecule has 0 fully saturated rings. The van der Waals surface area contributed by atoms with Crippen molar-refractivity contribution in [3.8, 4) is 24.7 Å². The van der Waals surface area contributed by atoms with Gasteiger partial charge < -0.3 is 0 Å². The van der Waals surface area contributed by atoms with Crippen molar-refractivity contribution in [1.82, 2.24) is 0 Å². The zero-order valence-corrected chi connectivity index (χ0v) is 5.79. The van der Waals surface area contributed by atoms with Crippen molar-refractivity contribution in [3.63, 3.8) is 0 Å². The maximum Gasteiger partial charge on any atom is 0.286 e. The van der Waals surface area contributed by atoms with Crippen molar-refractivity contribution in [3.05, 3.63) is 0 Å². The number of carbonyl (C=O) groups is 4. The third kappa shape index (κ3) is 1.89. The maximum absolute atomic E-state index is 10.5. The van der Waals surface area contributed by atoms with Crippen LogP contribution in [-0.4, -0.2) is 23.1 Å². The van der Waals surface area contributed by atoms with Crippen molar-refractivity contribution >= 4 is 23.1 Å². The summed E-state index contributed by atoms with van der Waals surface area (Å²) >= 11 is 0. The highest BCUT2D eigenvalue weighted by Gasteiger charge is 2.26. The Morgan fingerprint density at radius 3 is 1.17 bits per heavy atom. The van der Waals surface area contributed by atoms with Crippen molar-refractivity contribution in [2.24, 2.45) is 0 Å². The number of terminal acetylenes is 2. The van der Waals surface area contributed by atoms with Crippen LogP contribution in [0.15, 0.2) is 0 Å². The molecule has 0 aromatic carbocycles. The molecular formula is C8H2O4. The van der Waals surface area contributed by atoms with Crippen LogP contribution in [0.2, 0.25) is 0 Å². The lowest BCUT2D eigenvalue weighted by Crippen LogP contribution is -2.28. The van der Waals surface area contributed by atoms with Gasteiger partial charge in [0.2, 0.25) is 0 Å². The van der Waals surface area contributed by atoms with E-state index < -0.39 is 23.1 Å². The first-order chi connectivity index (χ1) is 5.54. The number of rotatable bonds is 3. The molecule has 12 heavy (non-hydrogen) atoms. The minimum absolute atomic E-state index is 1.37. The van der Waals surface area contributed by atoms with Gasteiger partial charge in [-0.25, -0.2) is 0 Å². The van der Waals surface area contributed by atoms with E-state index in [0.717, 1.165) is 0 Å². The summed E-state index contributed by atoms with van der Waals surface area (Å²) in [6.07, 6.45) is 9.03. The molecule has 0 saturated heterocycles. The standard InChI is InChI=1S/C8H2O4/c1-3-5(9)7(11)8(12)6(10)4-2/h1-2H. The van der Waals surface area contributed by atoms with Crippen LogP contribution in [0.25, 0.3) is 0 Å². The van der Waals surface area contributed by atoms with Crippen LogP contribution in [0.1, 0.15) is 0 Å². The lowest BCUT2D eigenvalue weighted by atomic mass is 10.1. The minimum Gasteiger partial charge on any atom is -0.280 e. The summed E-state index contributed by atoms with van der Waals surface area (Å²) in [4.78, 5) is 41.7. The average molecular weight is 162 g/mol. The predicted molar refractivity (Wildman–Crippen MR) is 37.7 cm³/mol. The van der Waals surface area contributed by atoms with Crippen LogP contribution in [0, 0.1) is 24.7 Å². The summed E-state index contributed by atoms with van der Waals surface area (Å²) in [5, 5.41) is 0. The summed E-state index contributed by atoms with van der Waals surface area (Å²) in [6, 6.07) is 0. The molecule has 0 rings (SSSR count). The smallest absolute Gasteiger partial charge is 0.280 e. The number of hydrogen-bond donors (Lipinski definition) is 0. The zero-order valence-electron chi connectivity index (χ0n) is 5.79. The van der Waals surface area contributed by atoms with E-state index in [1.165, 1.54) is 11.8 Å². The fraction of sp³-hybridized carbons (Fsp3) is 0. The van der Waals surface area contributed by atoms with E-state index in [2.05, 4.69) is 12.8 Å². The van der Waals surface area contributed by atoms with Gasteiger partial charge in [0.1, 0.15) is 0 Å². The molecule has 0 bridgehead atoms. The van der Waals surface area contributed by atoms with E-state index in [-0.39, 0.29) is 0 Å². The molecule has 0 unspecified atom stereocenters. The second kappa shape index (κ2) is 3.85. The number of hydrogen-bond acceptors (Lipinski definition) is 4. The minimum atomic E-state index is -1.57. The van der Waals surface area contributed by atoms with Gasteiger partial charge in [0, 0.05) is 0 Å². The van der Waals surface area contributed by atoms with E-state index in [4.69, 9.17) is 0 Å². The van der Waals surface area contributed by atoms with Crippen molar-refractivity contribution < 1.29 is 19.2 Å². The molecule has 0 aliphatic carbocycles. The third-order valence-corrected chi connectivity index (χ3v) is 0.881. The van der Waals surface area contributed by atoms with Gasteiger partial charge in [-0.3, -0.25) is 19.2 Å². The Labute approximate surface area is 67.9 Å². The molecule has 0 aliphatic rings. The monoisotopic (exact) mass is 162 g/mol. The quantitative estimate of drug-likeness (QED) is 0.220. The highest BCUT2D eigenvalue weighted by atomic mass is 16.2. The molecule has 0 saturated carbocycles. The Balaban J connectivity index is 4.69. The van der Waals surface area contributed by atoms with Gasteiger partial charge in [0.15, 0.2) is 0 Å². The van der Waals surface area contributed by atoms with E-state index in [1.807, 2.05) is 0 Å². The Kier molecular flexibility index (Phi) is 3.14. The number of Topliss-reactive ketones (excluding diaryl/α,β-unsaturated/α-hetero) is 4. The summed E-state index contributed by atoms with van der Waals surface area (Å²) in [7, 11) is 0. The fourth-order valence-electron chi connectivity index (χ4n) is 0.337. The largest absolute Gasteiger partial charge is 0.286 e. The van der Waals surface area contributed by atoms with Gasteiger partial charge in [0.25, 0.3) is 23.1 Å². The number of ketones is 4. The molecule has 0 spiro atoms. The maximum atomic E-state index is 10.5. The van der Waals surface area contributed by atoms with Gasteiger partial charge in [0.05, 0.1) is 0 Å². The summed E-state index contributed by atoms with van der Waals surface area (Å²) < 4.78 is 0. The lowest BCUT2D eigenvalue weighted by Gasteiger charge is -1.86. The third-order valence-electron chi connectivity index (χ3n) is 0.881. The molecule has 58 valence electrons. The van der Waals surface area contributed by atoms with E-state index >= 15 is 0 Å². The Morgan fingerprint density at radius 2 is 1.00 bits per heavy atom. The molecule has 0 aromatic rings. The first-order valence-electron chi connectivity index (χ1n) is 2.64. The zero-order chi connectivity index (χ0) is 9.72. The lowest BCUT2D eigenvalue weighted by molar-refractivity contribution is -0.145. The summed E-state index contributed by atoms with van der Waals surface area (Å²) in [5.74, 6) is -3.09. The first-order valence-corrected chi connectivity index (χ1v) is 2.64. The van der Waals surface area contributed by atoms with Crippen LogP contribution in [0.3, 0.4) is 0 Å². The molecule has 0 atom stereocenters. The fourth-order valence-corrected chi connectivity index (χ4v) is 0.337. The molecule has 0 heterocycles. The molecule has 0 N–H and O–H groups in total. The molecule has 0 aromatic heterocycles. The Bertz CT molecular complexity index is 312. The van der Waals surface area contributed by atoms with Crippen LogP contribution in [-0.2, 0) is 19.2 Å². The Morgan fingerprint density at radius 1 is 0.750 bits per heavy atom. The summed E-state index contributed by atoms with van der Waals surface area (Å²) in [5.41, 5.74) is 0. The van der Waals surface area contributed by atoms with Crippen LogP contribution in [0.4, 0.5) is 0 Å². The average Bonchev–Trinajstić information content (AvgIpc) is 2.12. The molecular weight excluding hydrogens is 160 g/mol. The van der Waals surface area contributed by atoms with Gasteiger partial charge in [-0.15, -0.1) is 12.8 Å². The number of carbonyl (C=O) groups excluding carboxylic acids is 4. The highest BCUT2D eigenvalue weighted by molar-refractivity contribution is 6.81. The second-order valence-corrected chi connectivity index (χ2v) is 1.61. The normalized spacial score (nSPS) is 7.50. The molecule has 4 nitrogen and oxygen atoms in total. The van der Waals surface area contributed by atoms with Gasteiger partial charge in [-0.2, -0.15) is 0 Å². The van der Waals surface area contributed by atoms with Gasteiger partial charge in [-0.05, 0) is 11.8 Å². The van der Waals surface area contributed by atoms with E-state index in [9.17, 15) is 19.2 Å². The first kappa shape index (κ1) is 9.80. The SMILES string of the molecule is C#CC(=O)C(=O)C(=O)C(=O)C#C. The van der Waals surface area contributed by atoms with Crippen molar-refractivity contribution in [1.29, 1.82) is 0 Å². The second-order valence-electron chi connectivity index (χ2n) is 1.61. The van der Waals surface area contributed by atoms with Gasteiger partial charge >= 0.3 is 0 Å². The van der Waals surface area contributed by atoms with E-state index in [0.29, 0.717) is 0 Å².